The van der Waals surface area contributed by atoms with Crippen molar-refractivity contribution in [3.63, 3.8) is 0 Å². The minimum Gasteiger partial charge on any atom is -0.507 e. The second kappa shape index (κ2) is 10.5. The van der Waals surface area contributed by atoms with Gasteiger partial charge in [-0.15, -0.1) is 0 Å². The molecule has 0 aromatic heterocycles. The zero-order valence-electron chi connectivity index (χ0n) is 17.3. The van der Waals surface area contributed by atoms with Crippen LogP contribution in [0.4, 0.5) is 0 Å². The average Bonchev–Trinajstić information content (AvgIpc) is 2.77. The van der Waals surface area contributed by atoms with E-state index in [0.29, 0.717) is 5.56 Å². The maximum absolute atomic E-state index is 13.2. The molecule has 1 amide bonds. The zero-order valence-corrected chi connectivity index (χ0v) is 19.7. The number of phenols is 1. The second-order valence-electron chi connectivity index (χ2n) is 7.07. The molecule has 2 N–H and O–H groups in total. The summed E-state index contributed by atoms with van der Waals surface area (Å²) in [6.07, 6.45) is 1.29. The molecule has 0 bridgehead atoms. The highest BCUT2D eigenvalue weighted by Gasteiger charge is 2.26. The van der Waals surface area contributed by atoms with Crippen molar-refractivity contribution < 1.29 is 18.3 Å². The van der Waals surface area contributed by atoms with E-state index >= 15 is 0 Å². The van der Waals surface area contributed by atoms with E-state index < -0.39 is 22.5 Å². The summed E-state index contributed by atoms with van der Waals surface area (Å²) in [5.74, 6) is -0.610. The number of halogens is 1. The van der Waals surface area contributed by atoms with Crippen LogP contribution < -0.4 is 5.43 Å². The topological polar surface area (TPSA) is 99.1 Å². The third-order valence-electron chi connectivity index (χ3n) is 4.56. The van der Waals surface area contributed by atoms with E-state index in [0.717, 1.165) is 19.9 Å². The van der Waals surface area contributed by atoms with E-state index in [-0.39, 0.29) is 17.2 Å². The van der Waals surface area contributed by atoms with Gasteiger partial charge in [-0.2, -0.15) is 9.41 Å². The number of carbonyl (C=O) groups excluding carboxylic acids is 1. The molecule has 0 aliphatic rings. The van der Waals surface area contributed by atoms with Crippen LogP contribution in [0.1, 0.15) is 16.7 Å². The monoisotopic (exact) mass is 515 g/mol. The van der Waals surface area contributed by atoms with Crippen molar-refractivity contribution in [2.24, 2.45) is 5.10 Å². The molecule has 0 atom stereocenters. The predicted octanol–water partition coefficient (Wildman–Crippen LogP) is 3.80. The third kappa shape index (κ3) is 6.25. The first kappa shape index (κ1) is 23.6. The Morgan fingerprint density at radius 2 is 1.78 bits per heavy atom. The van der Waals surface area contributed by atoms with Crippen LogP contribution in [-0.2, 0) is 21.4 Å². The van der Waals surface area contributed by atoms with E-state index in [4.69, 9.17) is 0 Å². The normalized spacial score (nSPS) is 11.7. The Labute approximate surface area is 195 Å². The molecule has 3 aromatic rings. The molecule has 7 nitrogen and oxygen atoms in total. The molecule has 3 rings (SSSR count). The van der Waals surface area contributed by atoms with Gasteiger partial charge in [0.2, 0.25) is 10.0 Å². The Morgan fingerprint density at radius 3 is 2.47 bits per heavy atom. The maximum Gasteiger partial charge on any atom is 0.255 e. The number of carbonyl (C=O) groups is 1. The molecular weight excluding hydrogens is 494 g/mol. The predicted molar refractivity (Wildman–Crippen MR) is 127 cm³/mol. The number of amides is 1. The highest BCUT2D eigenvalue weighted by Crippen LogP contribution is 2.20. The van der Waals surface area contributed by atoms with Crippen molar-refractivity contribution in [1.82, 2.24) is 9.73 Å². The van der Waals surface area contributed by atoms with E-state index in [1.54, 1.807) is 48.5 Å². The maximum atomic E-state index is 13.2. The van der Waals surface area contributed by atoms with Gasteiger partial charge in [-0.3, -0.25) is 4.79 Å². The molecular formula is C23H22BrN3O4S. The zero-order chi connectivity index (χ0) is 23.1. The van der Waals surface area contributed by atoms with Crippen molar-refractivity contribution in [2.75, 3.05) is 6.54 Å². The van der Waals surface area contributed by atoms with E-state index in [2.05, 4.69) is 26.5 Å². The summed E-state index contributed by atoms with van der Waals surface area (Å²) in [5, 5.41) is 13.7. The van der Waals surface area contributed by atoms with Crippen molar-refractivity contribution in [1.29, 1.82) is 0 Å². The van der Waals surface area contributed by atoms with Crippen LogP contribution in [0.5, 0.6) is 5.75 Å². The Bertz CT molecular complexity index is 1210. The molecule has 0 fully saturated rings. The number of aromatic hydroxyl groups is 1. The van der Waals surface area contributed by atoms with Gasteiger partial charge in [0.1, 0.15) is 5.75 Å². The number of benzene rings is 3. The van der Waals surface area contributed by atoms with Gasteiger partial charge in [-0.1, -0.05) is 64.0 Å². The molecule has 0 aliphatic heterocycles. The lowest BCUT2D eigenvalue weighted by atomic mass is 10.2. The SMILES string of the molecule is Cc1ccc(S(=O)(=O)N(CC(=O)N/N=C\c2cc(Br)ccc2O)Cc2ccccc2)cc1. The van der Waals surface area contributed by atoms with Crippen LogP contribution in [0.2, 0.25) is 0 Å². The summed E-state index contributed by atoms with van der Waals surface area (Å²) in [6, 6.07) is 20.3. The number of aryl methyl sites for hydroxylation is 1. The van der Waals surface area contributed by atoms with E-state index in [9.17, 15) is 18.3 Å². The highest BCUT2D eigenvalue weighted by molar-refractivity contribution is 9.10. The Kier molecular flexibility index (Phi) is 7.79. The Hall–Kier alpha value is -3.01. The average molecular weight is 516 g/mol. The highest BCUT2D eigenvalue weighted by atomic mass is 79.9. The number of hydrazone groups is 1. The molecule has 32 heavy (non-hydrogen) atoms. The lowest BCUT2D eigenvalue weighted by Gasteiger charge is -2.21. The van der Waals surface area contributed by atoms with Gasteiger partial charge in [0.05, 0.1) is 17.7 Å². The minimum absolute atomic E-state index is 0.00106. The van der Waals surface area contributed by atoms with E-state index in [1.165, 1.54) is 24.4 Å². The summed E-state index contributed by atoms with van der Waals surface area (Å²) < 4.78 is 28.3. The minimum atomic E-state index is -3.93. The van der Waals surface area contributed by atoms with Crippen LogP contribution >= 0.6 is 15.9 Å². The van der Waals surface area contributed by atoms with Gasteiger partial charge < -0.3 is 5.11 Å². The largest absolute Gasteiger partial charge is 0.507 e. The lowest BCUT2D eigenvalue weighted by molar-refractivity contribution is -0.121. The van der Waals surface area contributed by atoms with Gasteiger partial charge in [0, 0.05) is 16.6 Å². The van der Waals surface area contributed by atoms with Crippen LogP contribution in [0.25, 0.3) is 0 Å². The number of hydrogen-bond donors (Lipinski definition) is 2. The second-order valence-corrected chi connectivity index (χ2v) is 9.92. The van der Waals surface area contributed by atoms with Crippen LogP contribution in [0.3, 0.4) is 0 Å². The Balaban J connectivity index is 1.78. The van der Waals surface area contributed by atoms with Gasteiger partial charge >= 0.3 is 0 Å². The quantitative estimate of drug-likeness (QED) is 0.352. The summed E-state index contributed by atoms with van der Waals surface area (Å²) in [4.78, 5) is 12.6. The first-order valence-corrected chi connectivity index (χ1v) is 11.9. The number of nitrogens with zero attached hydrogens (tertiary/aromatic N) is 2. The van der Waals surface area contributed by atoms with Gasteiger partial charge in [-0.05, 0) is 42.8 Å². The first-order chi connectivity index (χ1) is 15.3. The van der Waals surface area contributed by atoms with Crippen LogP contribution in [-0.4, -0.2) is 36.5 Å². The van der Waals surface area contributed by atoms with Crippen LogP contribution in [0, 0.1) is 6.92 Å². The van der Waals surface area contributed by atoms with Crippen molar-refractivity contribution in [3.8, 4) is 5.75 Å². The van der Waals surface area contributed by atoms with E-state index in [1.807, 2.05) is 13.0 Å². The standard InChI is InChI=1S/C23H22BrN3O4S/c1-17-7-10-21(11-8-17)32(30,31)27(15-18-5-3-2-4-6-18)16-23(29)26-25-14-19-13-20(24)9-12-22(19)28/h2-14,28H,15-16H2,1H3,(H,26,29)/b25-14-. The summed E-state index contributed by atoms with van der Waals surface area (Å²) >= 11 is 3.30. The molecule has 0 unspecified atom stereocenters. The lowest BCUT2D eigenvalue weighted by Crippen LogP contribution is -2.39. The van der Waals surface area contributed by atoms with Crippen molar-refractivity contribution in [3.05, 3.63) is 94.0 Å². The molecule has 0 radical (unpaired) electrons. The summed E-state index contributed by atoms with van der Waals surface area (Å²) in [7, 11) is -3.93. The fourth-order valence-corrected chi connectivity index (χ4v) is 4.63. The smallest absolute Gasteiger partial charge is 0.255 e. The molecule has 166 valence electrons. The molecule has 0 saturated carbocycles. The number of nitrogens with one attached hydrogen (secondary N) is 1. The summed E-state index contributed by atoms with van der Waals surface area (Å²) in [6.45, 7) is 1.47. The number of phenolic OH excluding ortho intramolecular Hbond substituents is 1. The van der Waals surface area contributed by atoms with Gasteiger partial charge in [-0.25, -0.2) is 13.8 Å². The third-order valence-corrected chi connectivity index (χ3v) is 6.86. The van der Waals surface area contributed by atoms with Crippen molar-refractivity contribution >= 4 is 38.1 Å². The molecule has 9 heteroatoms. The fraction of sp³-hybridized carbons (Fsp3) is 0.130. The molecule has 0 aliphatic carbocycles. The number of rotatable bonds is 8. The molecule has 3 aromatic carbocycles. The number of sulfonamides is 1. The molecule has 0 spiro atoms. The molecule has 0 heterocycles. The van der Waals surface area contributed by atoms with Crippen LogP contribution in [0.15, 0.2) is 87.3 Å². The van der Waals surface area contributed by atoms with Gasteiger partial charge in [0.15, 0.2) is 0 Å². The summed E-state index contributed by atoms with van der Waals surface area (Å²) in [5.41, 5.74) is 4.40. The first-order valence-electron chi connectivity index (χ1n) is 9.67. The van der Waals surface area contributed by atoms with Gasteiger partial charge in [0.25, 0.3) is 5.91 Å². The fourth-order valence-electron chi connectivity index (χ4n) is 2.87. The van der Waals surface area contributed by atoms with Crippen molar-refractivity contribution in [2.45, 2.75) is 18.4 Å². The Morgan fingerprint density at radius 1 is 1.09 bits per heavy atom. The number of hydrogen-bond acceptors (Lipinski definition) is 5. The molecule has 0 saturated heterocycles.